The molecule has 0 bridgehead atoms. The normalized spacial score (nSPS) is 11.6. The fraction of sp³-hybridized carbons (Fsp3) is 0.0625. The number of hydrogen-bond donors (Lipinski definition) is 1. The van der Waals surface area contributed by atoms with Crippen LogP contribution in [0.5, 0.6) is 5.75 Å². The molecule has 0 radical (unpaired) electrons. The SMILES string of the molecule is COc1cccc(NC=C(C#N)S(=O)(=O)c2ccc(Cl)cc2)c1. The van der Waals surface area contributed by atoms with Crippen LogP contribution in [-0.2, 0) is 9.84 Å². The monoisotopic (exact) mass is 348 g/mol. The second kappa shape index (κ2) is 7.18. The van der Waals surface area contributed by atoms with Crippen molar-refractivity contribution in [3.8, 4) is 11.8 Å². The summed E-state index contributed by atoms with van der Waals surface area (Å²) in [5.74, 6) is 0.613. The van der Waals surface area contributed by atoms with Crippen LogP contribution in [0.15, 0.2) is 64.5 Å². The van der Waals surface area contributed by atoms with Gasteiger partial charge in [-0.3, -0.25) is 0 Å². The third kappa shape index (κ3) is 4.03. The summed E-state index contributed by atoms with van der Waals surface area (Å²) in [5, 5.41) is 12.4. The van der Waals surface area contributed by atoms with Gasteiger partial charge < -0.3 is 10.1 Å². The number of methoxy groups -OCH3 is 1. The number of nitrogens with zero attached hydrogens (tertiary/aromatic N) is 1. The molecule has 0 aliphatic carbocycles. The number of benzene rings is 2. The number of halogens is 1. The minimum absolute atomic E-state index is 0.00198. The van der Waals surface area contributed by atoms with Crippen molar-refractivity contribution >= 4 is 27.1 Å². The number of hydrogen-bond acceptors (Lipinski definition) is 5. The first-order valence-corrected chi connectivity index (χ1v) is 8.35. The summed E-state index contributed by atoms with van der Waals surface area (Å²) in [6.45, 7) is 0. The molecular formula is C16H13ClN2O3S. The molecule has 2 rings (SSSR count). The van der Waals surface area contributed by atoms with Gasteiger partial charge in [0.15, 0.2) is 4.91 Å². The molecule has 0 amide bonds. The highest BCUT2D eigenvalue weighted by Gasteiger charge is 2.20. The average Bonchev–Trinajstić information content (AvgIpc) is 2.56. The summed E-state index contributed by atoms with van der Waals surface area (Å²) in [4.78, 5) is -0.398. The van der Waals surface area contributed by atoms with Gasteiger partial charge in [-0.2, -0.15) is 5.26 Å². The van der Waals surface area contributed by atoms with Crippen LogP contribution in [0.2, 0.25) is 5.02 Å². The fourth-order valence-electron chi connectivity index (χ4n) is 1.77. The van der Waals surface area contributed by atoms with E-state index in [0.29, 0.717) is 16.5 Å². The van der Waals surface area contributed by atoms with Gasteiger partial charge in [-0.1, -0.05) is 17.7 Å². The van der Waals surface area contributed by atoms with E-state index in [1.54, 1.807) is 30.3 Å². The number of rotatable bonds is 5. The Kier molecular flexibility index (Phi) is 5.27. The third-order valence-corrected chi connectivity index (χ3v) is 4.90. The van der Waals surface area contributed by atoms with E-state index in [4.69, 9.17) is 21.6 Å². The Balaban J connectivity index is 2.31. The van der Waals surface area contributed by atoms with E-state index in [0.717, 1.165) is 6.20 Å². The van der Waals surface area contributed by atoms with Crippen LogP contribution in [0.25, 0.3) is 0 Å². The Hall–Kier alpha value is -2.49. The van der Waals surface area contributed by atoms with Gasteiger partial charge in [0.1, 0.15) is 11.8 Å². The largest absolute Gasteiger partial charge is 0.497 e. The van der Waals surface area contributed by atoms with Crippen molar-refractivity contribution in [3.05, 3.63) is 64.7 Å². The Morgan fingerprint density at radius 1 is 1.26 bits per heavy atom. The van der Waals surface area contributed by atoms with Crippen molar-refractivity contribution in [3.63, 3.8) is 0 Å². The lowest BCUT2D eigenvalue weighted by Crippen LogP contribution is -2.05. The second-order valence-corrected chi connectivity index (χ2v) is 6.81. The molecular weight excluding hydrogens is 336 g/mol. The van der Waals surface area contributed by atoms with Crippen molar-refractivity contribution in [1.29, 1.82) is 5.26 Å². The predicted octanol–water partition coefficient (Wildman–Crippen LogP) is 3.60. The van der Waals surface area contributed by atoms with Crippen molar-refractivity contribution in [2.45, 2.75) is 4.90 Å². The molecule has 0 fully saturated rings. The summed E-state index contributed by atoms with van der Waals surface area (Å²) in [6.07, 6.45) is 1.15. The van der Waals surface area contributed by atoms with Crippen LogP contribution in [-0.4, -0.2) is 15.5 Å². The quantitative estimate of drug-likeness (QED) is 0.835. The van der Waals surface area contributed by atoms with Gasteiger partial charge in [0, 0.05) is 23.0 Å². The Morgan fingerprint density at radius 3 is 2.57 bits per heavy atom. The Morgan fingerprint density at radius 2 is 1.96 bits per heavy atom. The van der Waals surface area contributed by atoms with E-state index in [-0.39, 0.29) is 4.90 Å². The highest BCUT2D eigenvalue weighted by Crippen LogP contribution is 2.22. The summed E-state index contributed by atoms with van der Waals surface area (Å²) in [7, 11) is -2.38. The first-order valence-electron chi connectivity index (χ1n) is 6.49. The van der Waals surface area contributed by atoms with Gasteiger partial charge in [-0.15, -0.1) is 0 Å². The molecule has 23 heavy (non-hydrogen) atoms. The van der Waals surface area contributed by atoms with Crippen molar-refractivity contribution in [2.75, 3.05) is 12.4 Å². The number of nitrogens with one attached hydrogen (secondary N) is 1. The average molecular weight is 349 g/mol. The zero-order valence-electron chi connectivity index (χ0n) is 12.2. The second-order valence-electron chi connectivity index (χ2n) is 4.45. The number of anilines is 1. The smallest absolute Gasteiger partial charge is 0.218 e. The standard InChI is InChI=1S/C16H13ClN2O3S/c1-22-14-4-2-3-13(9-14)19-11-16(10-18)23(20,21)15-7-5-12(17)6-8-15/h2-9,11,19H,1H3. The summed E-state index contributed by atoms with van der Waals surface area (Å²) >= 11 is 5.75. The van der Waals surface area contributed by atoms with E-state index in [9.17, 15) is 8.42 Å². The minimum atomic E-state index is -3.91. The lowest BCUT2D eigenvalue weighted by Gasteiger charge is -2.06. The van der Waals surface area contributed by atoms with E-state index in [1.807, 2.05) is 0 Å². The molecule has 7 heteroatoms. The van der Waals surface area contributed by atoms with Crippen LogP contribution in [0.4, 0.5) is 5.69 Å². The Bertz CT molecular complexity index is 869. The summed E-state index contributed by atoms with van der Waals surface area (Å²) in [6, 6.07) is 14.2. The van der Waals surface area contributed by atoms with Gasteiger partial charge in [-0.25, -0.2) is 8.42 Å². The molecule has 2 aromatic rings. The van der Waals surface area contributed by atoms with Crippen LogP contribution >= 0.6 is 11.6 Å². The molecule has 1 N–H and O–H groups in total. The molecule has 0 heterocycles. The number of allylic oxidation sites excluding steroid dienone is 1. The van der Waals surface area contributed by atoms with E-state index in [2.05, 4.69) is 5.32 Å². The topological polar surface area (TPSA) is 79.2 Å². The van der Waals surface area contributed by atoms with Gasteiger partial charge in [0.05, 0.1) is 12.0 Å². The summed E-state index contributed by atoms with van der Waals surface area (Å²) < 4.78 is 29.9. The molecule has 0 atom stereocenters. The molecule has 0 saturated heterocycles. The highest BCUT2D eigenvalue weighted by molar-refractivity contribution is 7.95. The van der Waals surface area contributed by atoms with E-state index < -0.39 is 14.7 Å². The minimum Gasteiger partial charge on any atom is -0.497 e. The zero-order valence-corrected chi connectivity index (χ0v) is 13.7. The molecule has 2 aromatic carbocycles. The van der Waals surface area contributed by atoms with Gasteiger partial charge in [0.2, 0.25) is 9.84 Å². The molecule has 0 aromatic heterocycles. The summed E-state index contributed by atoms with van der Waals surface area (Å²) in [5.41, 5.74) is 0.600. The van der Waals surface area contributed by atoms with Crippen LogP contribution in [0, 0.1) is 11.3 Å². The number of nitriles is 1. The molecule has 118 valence electrons. The maximum Gasteiger partial charge on any atom is 0.218 e. The zero-order chi connectivity index (χ0) is 16.9. The number of ether oxygens (including phenoxy) is 1. The Labute approximate surface area is 139 Å². The van der Waals surface area contributed by atoms with Crippen LogP contribution in [0.3, 0.4) is 0 Å². The van der Waals surface area contributed by atoms with Crippen LogP contribution in [0.1, 0.15) is 0 Å². The van der Waals surface area contributed by atoms with Crippen molar-refractivity contribution in [1.82, 2.24) is 0 Å². The third-order valence-electron chi connectivity index (χ3n) is 2.96. The maximum absolute atomic E-state index is 12.4. The molecule has 5 nitrogen and oxygen atoms in total. The predicted molar refractivity (Wildman–Crippen MR) is 89.0 cm³/mol. The van der Waals surface area contributed by atoms with Gasteiger partial charge in [-0.05, 0) is 36.4 Å². The lowest BCUT2D eigenvalue weighted by atomic mass is 10.3. The van der Waals surface area contributed by atoms with Crippen LogP contribution < -0.4 is 10.1 Å². The van der Waals surface area contributed by atoms with E-state index >= 15 is 0 Å². The maximum atomic E-state index is 12.4. The van der Waals surface area contributed by atoms with Crippen molar-refractivity contribution < 1.29 is 13.2 Å². The molecule has 0 spiro atoms. The van der Waals surface area contributed by atoms with E-state index in [1.165, 1.54) is 31.4 Å². The molecule has 0 aliphatic heterocycles. The first-order chi connectivity index (χ1) is 11.0. The highest BCUT2D eigenvalue weighted by atomic mass is 35.5. The van der Waals surface area contributed by atoms with Gasteiger partial charge in [0.25, 0.3) is 0 Å². The molecule has 0 unspecified atom stereocenters. The molecule has 0 aliphatic rings. The molecule has 0 saturated carbocycles. The first kappa shape index (κ1) is 16.9. The van der Waals surface area contributed by atoms with Crippen molar-refractivity contribution in [2.24, 2.45) is 0 Å². The lowest BCUT2D eigenvalue weighted by molar-refractivity contribution is 0.415. The fourth-order valence-corrected chi connectivity index (χ4v) is 2.98. The number of sulfone groups is 1. The van der Waals surface area contributed by atoms with Gasteiger partial charge >= 0.3 is 0 Å².